The molecular formula is C24H32FN3O. The van der Waals surface area contributed by atoms with Crippen LogP contribution in [0.25, 0.3) is 0 Å². The van der Waals surface area contributed by atoms with Gasteiger partial charge in [0.25, 0.3) is 0 Å². The molecule has 0 aliphatic carbocycles. The van der Waals surface area contributed by atoms with Crippen molar-refractivity contribution in [3.8, 4) is 6.07 Å². The first-order valence-electron chi connectivity index (χ1n) is 9.46. The van der Waals surface area contributed by atoms with Crippen molar-refractivity contribution in [3.63, 3.8) is 0 Å². The van der Waals surface area contributed by atoms with Gasteiger partial charge in [0.15, 0.2) is 0 Å². The van der Waals surface area contributed by atoms with Crippen molar-refractivity contribution < 1.29 is 9.18 Å². The number of carbonyl (C=O) groups excluding carboxylic acids is 1. The lowest BCUT2D eigenvalue weighted by molar-refractivity contribution is -0.113. The zero-order valence-corrected chi connectivity index (χ0v) is 18.7. The van der Waals surface area contributed by atoms with Gasteiger partial charge in [0.05, 0.1) is 23.5 Å². The molecule has 29 heavy (non-hydrogen) atoms. The molecule has 0 spiro atoms. The minimum atomic E-state index is -0.282. The number of aldehydes is 1. The number of hydrogen-bond acceptors (Lipinski definition) is 4. The lowest BCUT2D eigenvalue weighted by atomic mass is 9.83. The number of aromatic nitrogens is 1. The van der Waals surface area contributed by atoms with Crippen LogP contribution in [0.5, 0.6) is 0 Å². The van der Waals surface area contributed by atoms with Crippen LogP contribution in [-0.4, -0.2) is 17.0 Å². The molecular weight excluding hydrogens is 365 g/mol. The third-order valence-corrected chi connectivity index (χ3v) is 4.12. The number of aliphatic imine (C=N–C) groups is 1. The van der Waals surface area contributed by atoms with E-state index < -0.39 is 0 Å². The van der Waals surface area contributed by atoms with Gasteiger partial charge in [-0.25, -0.2) is 4.39 Å². The molecule has 0 amide bonds. The molecule has 2 rings (SSSR count). The molecule has 0 saturated heterocycles. The lowest BCUT2D eigenvalue weighted by Gasteiger charge is -2.21. The van der Waals surface area contributed by atoms with Crippen LogP contribution < -0.4 is 0 Å². The summed E-state index contributed by atoms with van der Waals surface area (Å²) in [6.45, 7) is 15.8. The number of aryl methyl sites for hydroxylation is 2. The second kappa shape index (κ2) is 12.6. The molecule has 1 atom stereocenters. The average Bonchev–Trinajstić information content (AvgIpc) is 2.65. The number of rotatable bonds is 2. The van der Waals surface area contributed by atoms with Gasteiger partial charge in [-0.15, -0.1) is 0 Å². The van der Waals surface area contributed by atoms with Crippen LogP contribution in [0.3, 0.4) is 0 Å². The normalized spacial score (nSPS) is 10.9. The van der Waals surface area contributed by atoms with Crippen molar-refractivity contribution >= 4 is 17.7 Å². The zero-order chi connectivity index (χ0) is 22.6. The van der Waals surface area contributed by atoms with E-state index in [1.54, 1.807) is 12.1 Å². The van der Waals surface area contributed by atoms with Crippen molar-refractivity contribution in [1.29, 1.82) is 5.26 Å². The Labute approximate surface area is 174 Å². The van der Waals surface area contributed by atoms with Crippen LogP contribution in [0.1, 0.15) is 58.4 Å². The molecule has 0 saturated carbocycles. The fraction of sp³-hybridized carbons (Fsp3) is 0.417. The van der Waals surface area contributed by atoms with Crippen molar-refractivity contribution in [1.82, 2.24) is 4.98 Å². The molecule has 0 radical (unpaired) electrons. The van der Waals surface area contributed by atoms with Gasteiger partial charge in [-0.05, 0) is 69.0 Å². The third kappa shape index (κ3) is 11.5. The van der Waals surface area contributed by atoms with Crippen LogP contribution in [0.2, 0.25) is 0 Å². The smallest absolute Gasteiger partial charge is 0.141 e. The maximum Gasteiger partial charge on any atom is 0.141 e. The van der Waals surface area contributed by atoms with Gasteiger partial charge in [-0.3, -0.25) is 9.98 Å². The SMILES string of the molecule is CC(C)=Nc1ccc(C#N)cc1C.C[C@H](C=O)C(C)(C)C.Cc1ccc(F)cn1. The monoisotopic (exact) mass is 397 g/mol. The van der Waals surface area contributed by atoms with Crippen LogP contribution in [0.15, 0.2) is 41.5 Å². The van der Waals surface area contributed by atoms with Gasteiger partial charge in [0.2, 0.25) is 0 Å². The number of halogens is 1. The highest BCUT2D eigenvalue weighted by atomic mass is 19.1. The van der Waals surface area contributed by atoms with E-state index in [0.717, 1.165) is 28.9 Å². The molecule has 4 nitrogen and oxygen atoms in total. The van der Waals surface area contributed by atoms with Crippen molar-refractivity contribution in [2.45, 2.75) is 55.4 Å². The first-order valence-corrected chi connectivity index (χ1v) is 9.46. The molecule has 0 fully saturated rings. The predicted octanol–water partition coefficient (Wildman–Crippen LogP) is 6.38. The van der Waals surface area contributed by atoms with Crippen LogP contribution >= 0.6 is 0 Å². The molecule has 156 valence electrons. The molecule has 0 N–H and O–H groups in total. The molecule has 0 bridgehead atoms. The minimum absolute atomic E-state index is 0.141. The number of nitriles is 1. The second-order valence-corrected chi connectivity index (χ2v) is 8.08. The van der Waals surface area contributed by atoms with E-state index in [1.165, 1.54) is 12.3 Å². The molecule has 2 aromatic rings. The Bertz CT molecular complexity index is 819. The van der Waals surface area contributed by atoms with Crippen molar-refractivity contribution in [2.24, 2.45) is 16.3 Å². The third-order valence-electron chi connectivity index (χ3n) is 4.12. The summed E-state index contributed by atoms with van der Waals surface area (Å²) in [4.78, 5) is 18.2. The van der Waals surface area contributed by atoms with Gasteiger partial charge in [0.1, 0.15) is 12.1 Å². The Morgan fingerprint density at radius 3 is 2.14 bits per heavy atom. The maximum atomic E-state index is 12.0. The number of benzene rings is 1. The summed E-state index contributed by atoms with van der Waals surface area (Å²) in [5.41, 5.74) is 4.67. The number of nitrogens with zero attached hydrogens (tertiary/aromatic N) is 3. The van der Waals surface area contributed by atoms with E-state index in [1.807, 2.05) is 46.8 Å². The Hall–Kier alpha value is -2.87. The highest BCUT2D eigenvalue weighted by Gasteiger charge is 2.18. The summed E-state index contributed by atoms with van der Waals surface area (Å²) >= 11 is 0. The minimum Gasteiger partial charge on any atom is -0.303 e. The van der Waals surface area contributed by atoms with Crippen LogP contribution in [-0.2, 0) is 4.79 Å². The molecule has 5 heteroatoms. The van der Waals surface area contributed by atoms with E-state index in [2.05, 4.69) is 36.8 Å². The quantitative estimate of drug-likeness (QED) is 0.436. The molecule has 1 aromatic heterocycles. The Balaban J connectivity index is 0.000000427. The molecule has 1 heterocycles. The number of carbonyl (C=O) groups is 1. The predicted molar refractivity (Wildman–Crippen MR) is 118 cm³/mol. The second-order valence-electron chi connectivity index (χ2n) is 8.08. The highest BCUT2D eigenvalue weighted by molar-refractivity contribution is 5.82. The maximum absolute atomic E-state index is 12.0. The van der Waals surface area contributed by atoms with E-state index in [0.29, 0.717) is 5.56 Å². The van der Waals surface area contributed by atoms with Crippen molar-refractivity contribution in [2.75, 3.05) is 0 Å². The standard InChI is InChI=1S/C11H12N2.C7H14O.C6H6FN/c1-8(2)13-11-5-4-10(7-12)6-9(11)3;1-6(5-8)7(2,3)4;1-5-2-3-6(7)4-8-5/h4-6H,1-3H3;5-6H,1-4H3;2-4H,1H3/t;6-;/m.1./s1. The van der Waals surface area contributed by atoms with Gasteiger partial charge in [-0.1, -0.05) is 27.7 Å². The largest absolute Gasteiger partial charge is 0.303 e. The molecule has 0 aliphatic rings. The molecule has 1 aromatic carbocycles. The van der Waals surface area contributed by atoms with E-state index in [-0.39, 0.29) is 17.2 Å². The zero-order valence-electron chi connectivity index (χ0n) is 18.7. The van der Waals surface area contributed by atoms with E-state index in [9.17, 15) is 9.18 Å². The van der Waals surface area contributed by atoms with Gasteiger partial charge in [-0.2, -0.15) is 5.26 Å². The summed E-state index contributed by atoms with van der Waals surface area (Å²) in [7, 11) is 0. The Morgan fingerprint density at radius 2 is 1.83 bits per heavy atom. The topological polar surface area (TPSA) is 66.1 Å². The summed E-state index contributed by atoms with van der Waals surface area (Å²) in [5.74, 6) is -0.113. The lowest BCUT2D eigenvalue weighted by Crippen LogP contribution is -2.17. The fourth-order valence-electron chi connectivity index (χ4n) is 1.75. The average molecular weight is 398 g/mol. The van der Waals surface area contributed by atoms with E-state index in [4.69, 9.17) is 5.26 Å². The summed E-state index contributed by atoms with van der Waals surface area (Å²) in [6, 6.07) is 10.6. The summed E-state index contributed by atoms with van der Waals surface area (Å²) in [6.07, 6.45) is 2.20. The molecule has 0 unspecified atom stereocenters. The molecule has 0 aliphatic heterocycles. The van der Waals surface area contributed by atoms with Gasteiger partial charge >= 0.3 is 0 Å². The Kier molecular flexibility index (Phi) is 11.3. The highest BCUT2D eigenvalue weighted by Crippen LogP contribution is 2.22. The summed E-state index contributed by atoms with van der Waals surface area (Å²) < 4.78 is 12.0. The van der Waals surface area contributed by atoms with Crippen molar-refractivity contribution in [3.05, 3.63) is 59.2 Å². The van der Waals surface area contributed by atoms with E-state index >= 15 is 0 Å². The summed E-state index contributed by atoms with van der Waals surface area (Å²) in [5, 5.41) is 8.65. The first kappa shape index (κ1) is 26.1. The number of hydrogen-bond donors (Lipinski definition) is 0. The van der Waals surface area contributed by atoms with Gasteiger partial charge in [0, 0.05) is 17.3 Å². The van der Waals surface area contributed by atoms with Crippen LogP contribution in [0.4, 0.5) is 10.1 Å². The fourth-order valence-corrected chi connectivity index (χ4v) is 1.75. The van der Waals surface area contributed by atoms with Gasteiger partial charge < -0.3 is 4.79 Å². The first-order chi connectivity index (χ1) is 13.4. The number of pyridine rings is 1. The van der Waals surface area contributed by atoms with Crippen LogP contribution in [0, 0.1) is 42.3 Å². The Morgan fingerprint density at radius 1 is 1.21 bits per heavy atom.